The summed E-state index contributed by atoms with van der Waals surface area (Å²) in [5, 5.41) is 12.3. The van der Waals surface area contributed by atoms with Crippen LogP contribution < -0.4 is 5.32 Å². The maximum atomic E-state index is 11.5. The molecule has 2 rings (SSSR count). The van der Waals surface area contributed by atoms with E-state index in [1.807, 2.05) is 19.1 Å². The van der Waals surface area contributed by atoms with Gasteiger partial charge in [-0.15, -0.1) is 10.2 Å². The monoisotopic (exact) mass is 333 g/mol. The first kappa shape index (κ1) is 17.5. The molecule has 0 unspecified atom stereocenters. The van der Waals surface area contributed by atoms with Crippen molar-refractivity contribution in [3.63, 3.8) is 0 Å². The molecule has 0 aromatic carbocycles. The van der Waals surface area contributed by atoms with Gasteiger partial charge in [0, 0.05) is 31.1 Å². The number of hydrogen-bond donors (Lipinski definition) is 1. The van der Waals surface area contributed by atoms with Crippen LogP contribution in [0.2, 0.25) is 0 Å². The minimum absolute atomic E-state index is 0.0232. The van der Waals surface area contributed by atoms with Gasteiger partial charge in [0.25, 0.3) is 0 Å². The molecule has 0 radical (unpaired) electrons. The number of nitrogens with one attached hydrogen (secondary N) is 1. The molecule has 0 aliphatic carbocycles. The molecule has 0 fully saturated rings. The number of carbonyl (C=O) groups excluding carboxylic acids is 1. The van der Waals surface area contributed by atoms with Gasteiger partial charge < -0.3 is 9.88 Å². The Morgan fingerprint density at radius 2 is 2.04 bits per heavy atom. The molecule has 0 bridgehead atoms. The number of aromatic nitrogens is 4. The highest BCUT2D eigenvalue weighted by molar-refractivity contribution is 7.98. The molecule has 7 heteroatoms. The standard InChI is InChI=1S/C16H23N5OS/c1-4-15(22)18-9-14-19-20-16(21(14)10-12(2)3)23-11-13-5-7-17-8-6-13/h5-8,12H,4,9-11H2,1-3H3,(H,18,22). The molecule has 23 heavy (non-hydrogen) atoms. The van der Waals surface area contributed by atoms with Crippen molar-refractivity contribution in [2.75, 3.05) is 0 Å². The number of hydrogen-bond acceptors (Lipinski definition) is 5. The quantitative estimate of drug-likeness (QED) is 0.752. The smallest absolute Gasteiger partial charge is 0.220 e. The third kappa shape index (κ3) is 5.35. The molecule has 2 aromatic rings. The Balaban J connectivity index is 2.08. The second kappa shape index (κ2) is 8.67. The molecular weight excluding hydrogens is 310 g/mol. The second-order valence-corrected chi connectivity index (χ2v) is 6.62. The minimum Gasteiger partial charge on any atom is -0.349 e. The van der Waals surface area contributed by atoms with Gasteiger partial charge in [-0.2, -0.15) is 0 Å². The van der Waals surface area contributed by atoms with Crippen molar-refractivity contribution in [1.29, 1.82) is 0 Å². The summed E-state index contributed by atoms with van der Waals surface area (Å²) in [5.41, 5.74) is 1.20. The van der Waals surface area contributed by atoms with Crippen LogP contribution in [0.25, 0.3) is 0 Å². The van der Waals surface area contributed by atoms with Gasteiger partial charge in [-0.05, 0) is 23.6 Å². The zero-order valence-corrected chi connectivity index (χ0v) is 14.6. The van der Waals surface area contributed by atoms with Crippen LogP contribution in [-0.4, -0.2) is 25.7 Å². The molecule has 6 nitrogen and oxygen atoms in total. The number of carbonyl (C=O) groups is 1. The van der Waals surface area contributed by atoms with Gasteiger partial charge in [-0.25, -0.2) is 0 Å². The summed E-state index contributed by atoms with van der Waals surface area (Å²) < 4.78 is 2.10. The van der Waals surface area contributed by atoms with E-state index in [1.165, 1.54) is 5.56 Å². The number of rotatable bonds is 8. The van der Waals surface area contributed by atoms with E-state index < -0.39 is 0 Å². The Hall–Kier alpha value is -1.89. The second-order valence-electron chi connectivity index (χ2n) is 5.68. The highest BCUT2D eigenvalue weighted by atomic mass is 32.2. The largest absolute Gasteiger partial charge is 0.349 e. The van der Waals surface area contributed by atoms with Crippen molar-refractivity contribution in [2.24, 2.45) is 5.92 Å². The molecule has 0 aliphatic heterocycles. The Morgan fingerprint density at radius 3 is 2.70 bits per heavy atom. The highest BCUT2D eigenvalue weighted by Crippen LogP contribution is 2.22. The van der Waals surface area contributed by atoms with Crippen molar-refractivity contribution < 1.29 is 4.79 Å². The van der Waals surface area contributed by atoms with Crippen LogP contribution >= 0.6 is 11.8 Å². The molecule has 2 heterocycles. The fourth-order valence-corrected chi connectivity index (χ4v) is 2.96. The molecule has 0 atom stereocenters. The Morgan fingerprint density at radius 1 is 1.30 bits per heavy atom. The van der Waals surface area contributed by atoms with Crippen LogP contribution in [0.3, 0.4) is 0 Å². The summed E-state index contributed by atoms with van der Waals surface area (Å²) in [6.45, 7) is 7.41. The van der Waals surface area contributed by atoms with Gasteiger partial charge in [-0.1, -0.05) is 32.5 Å². The van der Waals surface area contributed by atoms with E-state index in [2.05, 4.69) is 38.9 Å². The zero-order valence-electron chi connectivity index (χ0n) is 13.8. The molecule has 124 valence electrons. The average molecular weight is 333 g/mol. The first-order valence-electron chi connectivity index (χ1n) is 7.80. The van der Waals surface area contributed by atoms with Crippen LogP contribution in [0.4, 0.5) is 0 Å². The fourth-order valence-electron chi connectivity index (χ4n) is 2.03. The summed E-state index contributed by atoms with van der Waals surface area (Å²) >= 11 is 1.65. The summed E-state index contributed by atoms with van der Waals surface area (Å²) in [6, 6.07) is 4.00. The van der Waals surface area contributed by atoms with Crippen molar-refractivity contribution >= 4 is 17.7 Å². The first-order valence-corrected chi connectivity index (χ1v) is 8.79. The van der Waals surface area contributed by atoms with Crippen LogP contribution in [0.15, 0.2) is 29.7 Å². The molecule has 0 spiro atoms. The Bertz CT molecular complexity index is 627. The summed E-state index contributed by atoms with van der Waals surface area (Å²) in [7, 11) is 0. The van der Waals surface area contributed by atoms with E-state index in [0.717, 1.165) is 23.3 Å². The fraction of sp³-hybridized carbons (Fsp3) is 0.500. The maximum Gasteiger partial charge on any atom is 0.220 e. The maximum absolute atomic E-state index is 11.5. The van der Waals surface area contributed by atoms with Crippen LogP contribution in [-0.2, 0) is 23.6 Å². The average Bonchev–Trinajstić information content (AvgIpc) is 2.93. The molecule has 0 saturated heterocycles. The summed E-state index contributed by atoms with van der Waals surface area (Å²) in [6.07, 6.45) is 4.06. The molecular formula is C16H23N5OS. The van der Waals surface area contributed by atoms with Crippen LogP contribution in [0, 0.1) is 5.92 Å². The molecule has 1 N–H and O–H groups in total. The normalized spacial score (nSPS) is 11.0. The van der Waals surface area contributed by atoms with Crippen LogP contribution in [0.1, 0.15) is 38.6 Å². The van der Waals surface area contributed by atoms with Crippen molar-refractivity contribution in [3.05, 3.63) is 35.9 Å². The Labute approximate surface area is 141 Å². The van der Waals surface area contributed by atoms with Gasteiger partial charge in [0.2, 0.25) is 5.91 Å². The predicted octanol–water partition coefficient (Wildman–Crippen LogP) is 2.65. The van der Waals surface area contributed by atoms with Gasteiger partial charge in [0.05, 0.1) is 6.54 Å². The lowest BCUT2D eigenvalue weighted by Crippen LogP contribution is -2.24. The minimum atomic E-state index is 0.0232. The number of nitrogens with zero attached hydrogens (tertiary/aromatic N) is 4. The van der Waals surface area contributed by atoms with E-state index in [0.29, 0.717) is 18.9 Å². The van der Waals surface area contributed by atoms with E-state index in [4.69, 9.17) is 0 Å². The third-order valence-corrected chi connectivity index (χ3v) is 4.26. The SMILES string of the molecule is CCC(=O)NCc1nnc(SCc2ccncc2)n1CC(C)C. The Kier molecular flexibility index (Phi) is 6.58. The summed E-state index contributed by atoms with van der Waals surface area (Å²) in [4.78, 5) is 15.5. The third-order valence-electron chi connectivity index (χ3n) is 3.22. The highest BCUT2D eigenvalue weighted by Gasteiger charge is 2.14. The number of thioether (sulfide) groups is 1. The van der Waals surface area contributed by atoms with Crippen molar-refractivity contribution in [3.8, 4) is 0 Å². The first-order chi connectivity index (χ1) is 11.1. The lowest BCUT2D eigenvalue weighted by atomic mass is 10.2. The zero-order chi connectivity index (χ0) is 16.7. The summed E-state index contributed by atoms with van der Waals surface area (Å²) in [5.74, 6) is 2.12. The lowest BCUT2D eigenvalue weighted by molar-refractivity contribution is -0.120. The van der Waals surface area contributed by atoms with Crippen LogP contribution in [0.5, 0.6) is 0 Å². The molecule has 1 amide bonds. The van der Waals surface area contributed by atoms with Gasteiger partial charge in [-0.3, -0.25) is 9.78 Å². The van der Waals surface area contributed by atoms with E-state index in [9.17, 15) is 4.79 Å². The molecule has 0 aliphatic rings. The van der Waals surface area contributed by atoms with E-state index in [1.54, 1.807) is 24.2 Å². The lowest BCUT2D eigenvalue weighted by Gasteiger charge is -2.12. The number of amides is 1. The molecule has 2 aromatic heterocycles. The van der Waals surface area contributed by atoms with Gasteiger partial charge >= 0.3 is 0 Å². The van der Waals surface area contributed by atoms with Crippen molar-refractivity contribution in [1.82, 2.24) is 25.1 Å². The van der Waals surface area contributed by atoms with Crippen molar-refractivity contribution in [2.45, 2.75) is 51.2 Å². The van der Waals surface area contributed by atoms with Gasteiger partial charge in [0.15, 0.2) is 11.0 Å². The van der Waals surface area contributed by atoms with Gasteiger partial charge in [0.1, 0.15) is 0 Å². The number of pyridine rings is 1. The van der Waals surface area contributed by atoms with E-state index in [-0.39, 0.29) is 5.91 Å². The topological polar surface area (TPSA) is 72.7 Å². The predicted molar refractivity (Wildman–Crippen MR) is 90.8 cm³/mol. The molecule has 0 saturated carbocycles. The van der Waals surface area contributed by atoms with E-state index >= 15 is 0 Å².